The fraction of sp³-hybridized carbons (Fsp3) is 0.697. The zero-order valence-electron chi connectivity index (χ0n) is 53.7. The molecule has 0 saturated heterocycles. The van der Waals surface area contributed by atoms with Crippen LogP contribution in [0, 0.1) is 0 Å². The van der Waals surface area contributed by atoms with Crippen molar-refractivity contribution < 1.29 is 28.6 Å². The van der Waals surface area contributed by atoms with Crippen molar-refractivity contribution in [3.05, 3.63) is 122 Å². The molecule has 0 aromatic rings. The maximum Gasteiger partial charge on any atom is 0.306 e. The monoisotopic (exact) mass is 1140 g/mol. The summed E-state index contributed by atoms with van der Waals surface area (Å²) in [4.78, 5) is 38.1. The average Bonchev–Trinajstić information content (AvgIpc) is 3.47. The summed E-state index contributed by atoms with van der Waals surface area (Å²) < 4.78 is 16.8. The van der Waals surface area contributed by atoms with Gasteiger partial charge in [-0.2, -0.15) is 0 Å². The topological polar surface area (TPSA) is 78.9 Å². The van der Waals surface area contributed by atoms with Crippen LogP contribution in [0.1, 0.15) is 323 Å². The van der Waals surface area contributed by atoms with Gasteiger partial charge in [-0.25, -0.2) is 0 Å². The van der Waals surface area contributed by atoms with E-state index in [4.69, 9.17) is 14.2 Å². The van der Waals surface area contributed by atoms with Crippen LogP contribution in [0.3, 0.4) is 0 Å². The molecular formula is C76H128O6. The van der Waals surface area contributed by atoms with Crippen molar-refractivity contribution >= 4 is 17.9 Å². The summed E-state index contributed by atoms with van der Waals surface area (Å²) in [5.41, 5.74) is 0. The molecular weight excluding hydrogens is 1010 g/mol. The van der Waals surface area contributed by atoms with Crippen LogP contribution < -0.4 is 0 Å². The second-order valence-corrected chi connectivity index (χ2v) is 22.7. The zero-order valence-corrected chi connectivity index (χ0v) is 53.7. The Morgan fingerprint density at radius 2 is 0.476 bits per heavy atom. The number of carbonyl (C=O) groups is 3. The summed E-state index contributed by atoms with van der Waals surface area (Å²) in [6, 6.07) is 0. The Hall–Kier alpha value is -4.19. The largest absolute Gasteiger partial charge is 0.462 e. The highest BCUT2D eigenvalue weighted by atomic mass is 16.6. The predicted molar refractivity (Wildman–Crippen MR) is 357 cm³/mol. The van der Waals surface area contributed by atoms with E-state index >= 15 is 0 Å². The Labute approximate surface area is 507 Å². The van der Waals surface area contributed by atoms with E-state index in [1.165, 1.54) is 161 Å². The number of rotatable bonds is 62. The normalized spacial score (nSPS) is 12.9. The zero-order chi connectivity index (χ0) is 59.2. The van der Waals surface area contributed by atoms with E-state index in [0.717, 1.165) is 122 Å². The van der Waals surface area contributed by atoms with Gasteiger partial charge in [-0.15, -0.1) is 0 Å². The number of ether oxygens (including phenoxy) is 3. The molecule has 1 unspecified atom stereocenters. The van der Waals surface area contributed by atoms with Crippen molar-refractivity contribution in [1.82, 2.24) is 0 Å². The molecule has 82 heavy (non-hydrogen) atoms. The van der Waals surface area contributed by atoms with Crippen molar-refractivity contribution in [2.45, 2.75) is 329 Å². The van der Waals surface area contributed by atoms with E-state index in [1.54, 1.807) is 0 Å². The molecule has 0 saturated carbocycles. The maximum absolute atomic E-state index is 12.9. The van der Waals surface area contributed by atoms with Crippen LogP contribution >= 0.6 is 0 Å². The smallest absolute Gasteiger partial charge is 0.306 e. The number of allylic oxidation sites excluding steroid dienone is 20. The highest BCUT2D eigenvalue weighted by Gasteiger charge is 2.19. The van der Waals surface area contributed by atoms with Gasteiger partial charge in [0.25, 0.3) is 0 Å². The molecule has 1 atom stereocenters. The summed E-state index contributed by atoms with van der Waals surface area (Å²) in [7, 11) is 0. The third-order valence-electron chi connectivity index (χ3n) is 14.7. The van der Waals surface area contributed by atoms with Crippen molar-refractivity contribution in [1.29, 1.82) is 0 Å². The highest BCUT2D eigenvalue weighted by Crippen LogP contribution is 2.17. The van der Waals surface area contributed by atoms with Gasteiger partial charge in [0.05, 0.1) is 0 Å². The van der Waals surface area contributed by atoms with E-state index in [-0.39, 0.29) is 31.1 Å². The minimum absolute atomic E-state index is 0.0909. The summed E-state index contributed by atoms with van der Waals surface area (Å²) in [5, 5.41) is 0. The number of hydrogen-bond donors (Lipinski definition) is 0. The first-order chi connectivity index (χ1) is 40.5. The molecule has 468 valence electrons. The van der Waals surface area contributed by atoms with Crippen LogP contribution in [0.5, 0.6) is 0 Å². The molecule has 0 N–H and O–H groups in total. The summed E-state index contributed by atoms with van der Waals surface area (Å²) in [6.07, 6.45) is 97.0. The summed E-state index contributed by atoms with van der Waals surface area (Å²) in [5.74, 6) is -0.937. The summed E-state index contributed by atoms with van der Waals surface area (Å²) >= 11 is 0. The van der Waals surface area contributed by atoms with Crippen molar-refractivity contribution in [2.75, 3.05) is 13.2 Å². The maximum atomic E-state index is 12.9. The molecule has 0 bridgehead atoms. The second kappa shape index (κ2) is 69.3. The van der Waals surface area contributed by atoms with Gasteiger partial charge in [-0.05, 0) is 96.3 Å². The predicted octanol–water partition coefficient (Wildman–Crippen LogP) is 23.9. The van der Waals surface area contributed by atoms with Crippen LogP contribution in [0.2, 0.25) is 0 Å². The first kappa shape index (κ1) is 77.8. The molecule has 0 spiro atoms. The van der Waals surface area contributed by atoms with Crippen molar-refractivity contribution in [2.24, 2.45) is 0 Å². The van der Waals surface area contributed by atoms with Gasteiger partial charge >= 0.3 is 17.9 Å². The third-order valence-corrected chi connectivity index (χ3v) is 14.7. The van der Waals surface area contributed by atoms with Crippen LogP contribution in [-0.2, 0) is 28.6 Å². The van der Waals surface area contributed by atoms with Gasteiger partial charge in [0.1, 0.15) is 13.2 Å². The molecule has 0 aromatic heterocycles. The van der Waals surface area contributed by atoms with Crippen molar-refractivity contribution in [3.63, 3.8) is 0 Å². The fourth-order valence-electron chi connectivity index (χ4n) is 9.59. The molecule has 0 fully saturated rings. The highest BCUT2D eigenvalue weighted by molar-refractivity contribution is 5.71. The van der Waals surface area contributed by atoms with E-state index < -0.39 is 6.10 Å². The molecule has 0 rings (SSSR count). The van der Waals surface area contributed by atoms with E-state index in [1.807, 2.05) is 0 Å². The second-order valence-electron chi connectivity index (χ2n) is 22.7. The molecule has 0 heterocycles. The molecule has 0 aliphatic heterocycles. The minimum Gasteiger partial charge on any atom is -0.462 e. The molecule has 0 aliphatic carbocycles. The molecule has 0 aromatic carbocycles. The Bertz CT molecular complexity index is 1690. The fourth-order valence-corrected chi connectivity index (χ4v) is 9.59. The lowest BCUT2D eigenvalue weighted by molar-refractivity contribution is -0.167. The minimum atomic E-state index is -0.794. The van der Waals surface area contributed by atoms with Crippen LogP contribution in [0.25, 0.3) is 0 Å². The molecule has 6 heteroatoms. The summed E-state index contributed by atoms with van der Waals surface area (Å²) in [6.45, 7) is 6.46. The molecule has 0 aliphatic rings. The van der Waals surface area contributed by atoms with Crippen LogP contribution in [0.4, 0.5) is 0 Å². The van der Waals surface area contributed by atoms with Gasteiger partial charge in [0.15, 0.2) is 6.10 Å². The lowest BCUT2D eigenvalue weighted by atomic mass is 10.0. The Morgan fingerprint density at radius 1 is 0.256 bits per heavy atom. The first-order valence-corrected chi connectivity index (χ1v) is 34.5. The number of hydrogen-bond acceptors (Lipinski definition) is 6. The van der Waals surface area contributed by atoms with Crippen molar-refractivity contribution in [3.8, 4) is 0 Å². The molecule has 6 nitrogen and oxygen atoms in total. The number of carbonyl (C=O) groups excluding carboxylic acids is 3. The van der Waals surface area contributed by atoms with Gasteiger partial charge in [-0.1, -0.05) is 328 Å². The Kier molecular flexibility index (Phi) is 65.8. The SMILES string of the molecule is CC/C=C\C/C=C\C/C=C\C/C=C\C/C=C\C/C=C\C/C=C\C/C=C\C/C=C\C/C=C\CCCCC(=O)OCC(COC(=O)CCCCCCCC)OC(=O)CCCCCCCCCCCCCCCCCCCCCCCCCCC. The third kappa shape index (κ3) is 66.6. The lowest BCUT2D eigenvalue weighted by Crippen LogP contribution is -2.30. The van der Waals surface area contributed by atoms with Crippen LogP contribution in [-0.4, -0.2) is 37.2 Å². The van der Waals surface area contributed by atoms with Gasteiger partial charge in [0.2, 0.25) is 0 Å². The number of unbranched alkanes of at least 4 members (excludes halogenated alkanes) is 31. The lowest BCUT2D eigenvalue weighted by Gasteiger charge is -2.18. The number of esters is 3. The van der Waals surface area contributed by atoms with E-state index in [0.29, 0.717) is 19.3 Å². The van der Waals surface area contributed by atoms with E-state index in [2.05, 4.69) is 142 Å². The quantitative estimate of drug-likeness (QED) is 0.0261. The molecule has 0 radical (unpaired) electrons. The van der Waals surface area contributed by atoms with Crippen LogP contribution in [0.15, 0.2) is 122 Å². The van der Waals surface area contributed by atoms with Gasteiger partial charge in [0, 0.05) is 19.3 Å². The standard InChI is InChI=1S/C76H128O6/c1-4-7-10-13-16-18-20-22-24-26-28-30-32-34-35-36-37-38-39-40-41-43-44-46-48-50-52-54-56-58-60-63-66-69-75(78)81-72-73(71-80-74(77)68-65-62-15-12-9-6-3)82-76(79)70-67-64-61-59-57-55-53-51-49-47-45-42-33-31-29-27-25-23-21-19-17-14-11-8-5-2/h7,10,16,18,22,24,28,30,34-35,37-38,40-41,44,46,50,52,56,58,73H,4-6,8-9,11-15,17,19-21,23,25-27,29,31-33,36,39,42-43,45,47-49,51,53-55,57,59-72H2,1-3H3/b10-7-,18-16-,24-22-,30-28-,35-34-,38-37-,41-40-,46-44-,52-50-,58-56-. The van der Waals surface area contributed by atoms with Gasteiger partial charge in [-0.3, -0.25) is 14.4 Å². The average molecular weight is 1140 g/mol. The van der Waals surface area contributed by atoms with Gasteiger partial charge < -0.3 is 14.2 Å². The molecule has 0 amide bonds. The Balaban J connectivity index is 4.15. The van der Waals surface area contributed by atoms with E-state index in [9.17, 15) is 14.4 Å². The Morgan fingerprint density at radius 3 is 0.744 bits per heavy atom. The first-order valence-electron chi connectivity index (χ1n) is 34.5.